The fourth-order valence-electron chi connectivity index (χ4n) is 2.14. The van der Waals surface area contributed by atoms with Gasteiger partial charge in [0.05, 0.1) is 13.0 Å². The third kappa shape index (κ3) is 5.35. The molecule has 1 atom stereocenters. The Bertz CT molecular complexity index is 519. The zero-order chi connectivity index (χ0) is 16.5. The molecule has 0 heterocycles. The summed E-state index contributed by atoms with van der Waals surface area (Å²) in [5.74, 6) is -2.10. The molecule has 2 N–H and O–H groups in total. The van der Waals surface area contributed by atoms with E-state index in [4.69, 9.17) is 9.84 Å². The van der Waals surface area contributed by atoms with Crippen molar-refractivity contribution >= 4 is 11.9 Å². The molecule has 0 aliphatic carbocycles. The van der Waals surface area contributed by atoms with Crippen LogP contribution in [0.2, 0.25) is 0 Å². The number of benzene rings is 1. The molecule has 1 rings (SSSR count). The summed E-state index contributed by atoms with van der Waals surface area (Å²) in [6.07, 6.45) is 1.59. The molecular weight excluding hydrogens is 289 g/mol. The smallest absolute Gasteiger partial charge is 0.308 e. The van der Waals surface area contributed by atoms with Crippen molar-refractivity contribution in [2.24, 2.45) is 5.92 Å². The minimum atomic E-state index is -0.916. The van der Waals surface area contributed by atoms with E-state index in [2.05, 4.69) is 5.32 Å². The summed E-state index contributed by atoms with van der Waals surface area (Å²) in [6.45, 7) is 1.99. The Labute approximate surface area is 129 Å². The summed E-state index contributed by atoms with van der Waals surface area (Å²) in [5, 5.41) is 11.6. The molecule has 0 spiro atoms. The third-order valence-corrected chi connectivity index (χ3v) is 3.42. The largest absolute Gasteiger partial charge is 0.494 e. The van der Waals surface area contributed by atoms with Crippen LogP contribution in [0.5, 0.6) is 5.75 Å². The summed E-state index contributed by atoms with van der Waals surface area (Å²) < 4.78 is 18.8. The summed E-state index contributed by atoms with van der Waals surface area (Å²) >= 11 is 0. The van der Waals surface area contributed by atoms with Gasteiger partial charge in [-0.15, -0.1) is 0 Å². The van der Waals surface area contributed by atoms with Gasteiger partial charge in [-0.25, -0.2) is 4.39 Å². The quantitative estimate of drug-likeness (QED) is 0.734. The molecule has 0 fully saturated rings. The van der Waals surface area contributed by atoms with E-state index >= 15 is 0 Å². The maximum absolute atomic E-state index is 13.9. The number of halogens is 1. The lowest BCUT2D eigenvalue weighted by molar-refractivity contribution is -0.141. The molecule has 0 aliphatic heterocycles. The van der Waals surface area contributed by atoms with Gasteiger partial charge in [0.15, 0.2) is 11.6 Å². The first kappa shape index (κ1) is 17.9. The van der Waals surface area contributed by atoms with E-state index in [1.807, 2.05) is 6.92 Å². The van der Waals surface area contributed by atoms with Crippen LogP contribution in [0.4, 0.5) is 4.39 Å². The van der Waals surface area contributed by atoms with E-state index < -0.39 is 17.7 Å². The fraction of sp³-hybridized carbons (Fsp3) is 0.500. The van der Waals surface area contributed by atoms with Gasteiger partial charge < -0.3 is 15.2 Å². The van der Waals surface area contributed by atoms with Crippen LogP contribution in [0.15, 0.2) is 18.2 Å². The summed E-state index contributed by atoms with van der Waals surface area (Å²) in [7, 11) is 1.38. The van der Waals surface area contributed by atoms with Crippen molar-refractivity contribution in [2.75, 3.05) is 13.7 Å². The summed E-state index contributed by atoms with van der Waals surface area (Å²) in [5.41, 5.74) is 0.401. The van der Waals surface area contributed by atoms with E-state index in [-0.39, 0.29) is 31.0 Å². The highest BCUT2D eigenvalue weighted by molar-refractivity contribution is 5.77. The maximum Gasteiger partial charge on any atom is 0.308 e. The first-order valence-corrected chi connectivity index (χ1v) is 7.30. The topological polar surface area (TPSA) is 75.6 Å². The minimum Gasteiger partial charge on any atom is -0.494 e. The van der Waals surface area contributed by atoms with Gasteiger partial charge in [0.1, 0.15) is 0 Å². The van der Waals surface area contributed by atoms with Gasteiger partial charge in [-0.3, -0.25) is 9.59 Å². The molecular formula is C16H22FNO4. The van der Waals surface area contributed by atoms with Crippen LogP contribution in [0, 0.1) is 11.7 Å². The Morgan fingerprint density at radius 2 is 2.14 bits per heavy atom. The molecule has 1 amide bonds. The van der Waals surface area contributed by atoms with Crippen molar-refractivity contribution in [1.29, 1.82) is 0 Å². The van der Waals surface area contributed by atoms with Gasteiger partial charge in [0.2, 0.25) is 5.91 Å². The number of carboxylic acids is 1. The lowest BCUT2D eigenvalue weighted by Gasteiger charge is -2.12. The monoisotopic (exact) mass is 311 g/mol. The van der Waals surface area contributed by atoms with E-state index in [1.54, 1.807) is 12.1 Å². The SMILES string of the molecule is CCCC(CNC(=O)CCc1cccc(OC)c1F)C(=O)O. The second kappa shape index (κ2) is 9.02. The highest BCUT2D eigenvalue weighted by atomic mass is 19.1. The zero-order valence-electron chi connectivity index (χ0n) is 12.9. The molecule has 0 radical (unpaired) electrons. The van der Waals surface area contributed by atoms with Crippen LogP contribution in [0.25, 0.3) is 0 Å². The third-order valence-electron chi connectivity index (χ3n) is 3.42. The van der Waals surface area contributed by atoms with Gasteiger partial charge in [-0.2, -0.15) is 0 Å². The average Bonchev–Trinajstić information content (AvgIpc) is 2.50. The number of rotatable bonds is 9. The molecule has 22 heavy (non-hydrogen) atoms. The normalized spacial score (nSPS) is 11.8. The number of amides is 1. The Morgan fingerprint density at radius 3 is 2.73 bits per heavy atom. The molecule has 6 heteroatoms. The molecule has 0 aromatic heterocycles. The number of aryl methyl sites for hydroxylation is 1. The van der Waals surface area contributed by atoms with Crippen LogP contribution in [-0.2, 0) is 16.0 Å². The Kier molecular flexibility index (Phi) is 7.36. The first-order chi connectivity index (χ1) is 10.5. The highest BCUT2D eigenvalue weighted by Crippen LogP contribution is 2.20. The van der Waals surface area contributed by atoms with E-state index in [0.29, 0.717) is 12.0 Å². The van der Waals surface area contributed by atoms with Gasteiger partial charge in [0, 0.05) is 13.0 Å². The number of nitrogens with one attached hydrogen (secondary N) is 1. The van der Waals surface area contributed by atoms with Gasteiger partial charge >= 0.3 is 5.97 Å². The molecule has 0 saturated carbocycles. The predicted octanol–water partition coefficient (Wildman–Crippen LogP) is 2.38. The second-order valence-electron chi connectivity index (χ2n) is 5.06. The average molecular weight is 311 g/mol. The van der Waals surface area contributed by atoms with Crippen molar-refractivity contribution in [1.82, 2.24) is 5.32 Å². The van der Waals surface area contributed by atoms with Crippen LogP contribution in [-0.4, -0.2) is 30.6 Å². The highest BCUT2D eigenvalue weighted by Gasteiger charge is 2.17. The number of ether oxygens (including phenoxy) is 1. The van der Waals surface area contributed by atoms with Crippen molar-refractivity contribution in [3.8, 4) is 5.75 Å². The summed E-state index contributed by atoms with van der Waals surface area (Å²) in [4.78, 5) is 22.7. The molecule has 0 bridgehead atoms. The zero-order valence-corrected chi connectivity index (χ0v) is 12.9. The second-order valence-corrected chi connectivity index (χ2v) is 5.06. The van der Waals surface area contributed by atoms with Gasteiger partial charge in [-0.05, 0) is 24.5 Å². The van der Waals surface area contributed by atoms with Gasteiger partial charge in [0.25, 0.3) is 0 Å². The number of carboxylic acid groups (broad SMARTS) is 1. The molecule has 1 unspecified atom stereocenters. The summed E-state index contributed by atoms with van der Waals surface area (Å²) in [6, 6.07) is 4.78. The Morgan fingerprint density at radius 1 is 1.41 bits per heavy atom. The molecule has 0 aliphatic rings. The fourth-order valence-corrected chi connectivity index (χ4v) is 2.14. The molecule has 1 aromatic carbocycles. The van der Waals surface area contributed by atoms with Crippen molar-refractivity contribution in [2.45, 2.75) is 32.6 Å². The number of hydrogen-bond donors (Lipinski definition) is 2. The number of hydrogen-bond acceptors (Lipinski definition) is 3. The number of methoxy groups -OCH3 is 1. The first-order valence-electron chi connectivity index (χ1n) is 7.30. The predicted molar refractivity (Wildman–Crippen MR) is 80.3 cm³/mol. The molecule has 5 nitrogen and oxygen atoms in total. The number of carbonyl (C=O) groups is 2. The van der Waals surface area contributed by atoms with Crippen LogP contribution < -0.4 is 10.1 Å². The lowest BCUT2D eigenvalue weighted by Crippen LogP contribution is -2.33. The molecule has 122 valence electrons. The number of carbonyl (C=O) groups excluding carboxylic acids is 1. The van der Waals surface area contributed by atoms with E-state index in [0.717, 1.165) is 6.42 Å². The standard InChI is InChI=1S/C16H22FNO4/c1-3-5-12(16(20)21)10-18-14(19)9-8-11-6-4-7-13(22-2)15(11)17/h4,6-7,12H,3,5,8-10H2,1-2H3,(H,18,19)(H,20,21). The molecule has 0 saturated heterocycles. The van der Waals surface area contributed by atoms with Gasteiger partial charge in [-0.1, -0.05) is 25.5 Å². The minimum absolute atomic E-state index is 0.0998. The number of aliphatic carboxylic acids is 1. The van der Waals surface area contributed by atoms with E-state index in [1.165, 1.54) is 13.2 Å². The Hall–Kier alpha value is -2.11. The lowest BCUT2D eigenvalue weighted by atomic mass is 10.0. The van der Waals surface area contributed by atoms with E-state index in [9.17, 15) is 14.0 Å². The van der Waals surface area contributed by atoms with Crippen LogP contribution >= 0.6 is 0 Å². The maximum atomic E-state index is 13.9. The Balaban J connectivity index is 2.48. The van der Waals surface area contributed by atoms with Crippen LogP contribution in [0.1, 0.15) is 31.7 Å². The van der Waals surface area contributed by atoms with Crippen molar-refractivity contribution in [3.63, 3.8) is 0 Å². The van der Waals surface area contributed by atoms with Crippen LogP contribution in [0.3, 0.4) is 0 Å². The van der Waals surface area contributed by atoms with Crippen molar-refractivity contribution in [3.05, 3.63) is 29.6 Å². The van der Waals surface area contributed by atoms with Crippen molar-refractivity contribution < 1.29 is 23.8 Å². The molecule has 1 aromatic rings.